The summed E-state index contributed by atoms with van der Waals surface area (Å²) in [6.07, 6.45) is 4.30. The standard InChI is InChI=1S/C14H15N3O2/c1-18-12-5-2-4-10-8-11(9-19-13(10)12)17-14-15-6-3-7-16-14/h2-7,11H,8-9H2,1H3,(H,15,16,17). The topological polar surface area (TPSA) is 56.3 Å². The van der Waals surface area contributed by atoms with E-state index in [2.05, 4.69) is 21.4 Å². The first-order valence-electron chi connectivity index (χ1n) is 6.19. The number of methoxy groups -OCH3 is 1. The third-order valence-corrected chi connectivity index (χ3v) is 3.07. The molecule has 1 atom stereocenters. The van der Waals surface area contributed by atoms with Crippen molar-refractivity contribution in [2.75, 3.05) is 19.0 Å². The van der Waals surface area contributed by atoms with E-state index in [-0.39, 0.29) is 6.04 Å². The van der Waals surface area contributed by atoms with E-state index in [1.807, 2.05) is 12.1 Å². The fraction of sp³-hybridized carbons (Fsp3) is 0.286. The smallest absolute Gasteiger partial charge is 0.222 e. The number of ether oxygens (including phenoxy) is 2. The summed E-state index contributed by atoms with van der Waals surface area (Å²) in [6.45, 7) is 0.575. The number of anilines is 1. The molecule has 1 N–H and O–H groups in total. The van der Waals surface area contributed by atoms with Crippen molar-refractivity contribution < 1.29 is 9.47 Å². The van der Waals surface area contributed by atoms with Crippen LogP contribution in [0.5, 0.6) is 11.5 Å². The molecule has 0 aliphatic carbocycles. The van der Waals surface area contributed by atoms with Crippen molar-refractivity contribution in [1.82, 2.24) is 9.97 Å². The van der Waals surface area contributed by atoms with Gasteiger partial charge >= 0.3 is 0 Å². The average Bonchev–Trinajstić information content (AvgIpc) is 2.47. The Labute approximate surface area is 111 Å². The highest BCUT2D eigenvalue weighted by Gasteiger charge is 2.22. The number of benzene rings is 1. The lowest BCUT2D eigenvalue weighted by molar-refractivity contribution is 0.256. The summed E-state index contributed by atoms with van der Waals surface area (Å²) in [6, 6.07) is 7.90. The summed E-state index contributed by atoms with van der Waals surface area (Å²) in [4.78, 5) is 8.32. The molecule has 0 fully saturated rings. The van der Waals surface area contributed by atoms with Gasteiger partial charge in [0.2, 0.25) is 5.95 Å². The Morgan fingerprint density at radius 2 is 2.11 bits per heavy atom. The van der Waals surface area contributed by atoms with Gasteiger partial charge in [0, 0.05) is 18.0 Å². The zero-order valence-corrected chi connectivity index (χ0v) is 10.7. The van der Waals surface area contributed by atoms with Crippen LogP contribution in [0, 0.1) is 0 Å². The van der Waals surface area contributed by atoms with Crippen molar-refractivity contribution >= 4 is 5.95 Å². The van der Waals surface area contributed by atoms with Crippen molar-refractivity contribution in [1.29, 1.82) is 0 Å². The Hall–Kier alpha value is -2.30. The molecule has 1 aromatic carbocycles. The van der Waals surface area contributed by atoms with E-state index in [0.717, 1.165) is 23.5 Å². The molecule has 2 aromatic rings. The molecule has 1 aliphatic rings. The van der Waals surface area contributed by atoms with Gasteiger partial charge in [0.05, 0.1) is 13.2 Å². The molecule has 5 nitrogen and oxygen atoms in total. The Kier molecular flexibility index (Phi) is 3.18. The van der Waals surface area contributed by atoms with Crippen molar-refractivity contribution in [3.63, 3.8) is 0 Å². The number of para-hydroxylation sites is 1. The Bertz CT molecular complexity index is 560. The van der Waals surface area contributed by atoms with Crippen LogP contribution in [-0.4, -0.2) is 29.7 Å². The van der Waals surface area contributed by atoms with E-state index in [9.17, 15) is 0 Å². The van der Waals surface area contributed by atoms with Gasteiger partial charge in [0.1, 0.15) is 6.61 Å². The molecule has 3 rings (SSSR count). The van der Waals surface area contributed by atoms with Gasteiger partial charge in [-0.15, -0.1) is 0 Å². The predicted octanol–water partition coefficient (Wildman–Crippen LogP) is 1.90. The number of fused-ring (bicyclic) bond motifs is 1. The van der Waals surface area contributed by atoms with Gasteiger partial charge in [-0.2, -0.15) is 0 Å². The summed E-state index contributed by atoms with van der Waals surface area (Å²) in [5.74, 6) is 2.26. The van der Waals surface area contributed by atoms with Crippen molar-refractivity contribution in [3.05, 3.63) is 42.2 Å². The highest BCUT2D eigenvalue weighted by molar-refractivity contribution is 5.48. The molecule has 5 heteroatoms. The van der Waals surface area contributed by atoms with E-state index < -0.39 is 0 Å². The maximum absolute atomic E-state index is 5.79. The molecule has 2 heterocycles. The fourth-order valence-corrected chi connectivity index (χ4v) is 2.20. The first-order valence-corrected chi connectivity index (χ1v) is 6.19. The molecule has 0 saturated carbocycles. The number of nitrogens with zero attached hydrogens (tertiary/aromatic N) is 2. The number of aromatic nitrogens is 2. The zero-order chi connectivity index (χ0) is 13.1. The largest absolute Gasteiger partial charge is 0.493 e. The Morgan fingerprint density at radius 3 is 2.89 bits per heavy atom. The number of hydrogen-bond acceptors (Lipinski definition) is 5. The van der Waals surface area contributed by atoms with Gasteiger partial charge in [-0.3, -0.25) is 0 Å². The SMILES string of the molecule is COc1cccc2c1OCC(Nc1ncccn1)C2. The monoisotopic (exact) mass is 257 g/mol. The van der Waals surface area contributed by atoms with Crippen molar-refractivity contribution in [2.45, 2.75) is 12.5 Å². The second kappa shape index (κ2) is 5.14. The average molecular weight is 257 g/mol. The van der Waals surface area contributed by atoms with Crippen molar-refractivity contribution in [2.24, 2.45) is 0 Å². The van der Waals surface area contributed by atoms with Crippen LogP contribution in [0.2, 0.25) is 0 Å². The van der Waals surface area contributed by atoms with Gasteiger partial charge in [-0.1, -0.05) is 12.1 Å². The maximum atomic E-state index is 5.79. The van der Waals surface area contributed by atoms with E-state index >= 15 is 0 Å². The number of nitrogens with one attached hydrogen (secondary N) is 1. The molecular formula is C14H15N3O2. The van der Waals surface area contributed by atoms with Gasteiger partial charge < -0.3 is 14.8 Å². The van der Waals surface area contributed by atoms with E-state index in [1.165, 1.54) is 0 Å². The van der Waals surface area contributed by atoms with Crippen LogP contribution in [0.4, 0.5) is 5.95 Å². The molecule has 1 aromatic heterocycles. The van der Waals surface area contributed by atoms with Crippen LogP contribution in [-0.2, 0) is 6.42 Å². The molecule has 1 unspecified atom stereocenters. The van der Waals surface area contributed by atoms with Crippen molar-refractivity contribution in [3.8, 4) is 11.5 Å². The minimum atomic E-state index is 0.169. The van der Waals surface area contributed by atoms with Crippen LogP contribution in [0.3, 0.4) is 0 Å². The molecule has 0 radical (unpaired) electrons. The van der Waals surface area contributed by atoms with Crippen LogP contribution < -0.4 is 14.8 Å². The van der Waals surface area contributed by atoms with E-state index in [4.69, 9.17) is 9.47 Å². The zero-order valence-electron chi connectivity index (χ0n) is 10.7. The molecule has 0 spiro atoms. The third-order valence-electron chi connectivity index (χ3n) is 3.07. The summed E-state index contributed by atoms with van der Waals surface area (Å²) < 4.78 is 11.1. The van der Waals surface area contributed by atoms with Gasteiger partial charge in [-0.25, -0.2) is 9.97 Å². The lowest BCUT2D eigenvalue weighted by Crippen LogP contribution is -2.33. The normalized spacial score (nSPS) is 17.2. The molecular weight excluding hydrogens is 242 g/mol. The van der Waals surface area contributed by atoms with E-state index in [0.29, 0.717) is 12.6 Å². The van der Waals surface area contributed by atoms with Crippen LogP contribution >= 0.6 is 0 Å². The minimum Gasteiger partial charge on any atom is -0.493 e. The Balaban J connectivity index is 1.76. The first kappa shape index (κ1) is 11.8. The predicted molar refractivity (Wildman–Crippen MR) is 71.6 cm³/mol. The summed E-state index contributed by atoms with van der Waals surface area (Å²) in [5, 5.41) is 3.27. The fourth-order valence-electron chi connectivity index (χ4n) is 2.20. The quantitative estimate of drug-likeness (QED) is 0.910. The van der Waals surface area contributed by atoms with Crippen LogP contribution in [0.15, 0.2) is 36.7 Å². The molecule has 19 heavy (non-hydrogen) atoms. The second-order valence-corrected chi connectivity index (χ2v) is 4.38. The highest BCUT2D eigenvalue weighted by Crippen LogP contribution is 2.34. The minimum absolute atomic E-state index is 0.169. The Morgan fingerprint density at radius 1 is 1.26 bits per heavy atom. The first-order chi connectivity index (χ1) is 9.36. The summed E-state index contributed by atoms with van der Waals surface area (Å²) in [7, 11) is 1.65. The third kappa shape index (κ3) is 2.45. The lowest BCUT2D eigenvalue weighted by atomic mass is 10.0. The maximum Gasteiger partial charge on any atom is 0.222 e. The molecule has 1 aliphatic heterocycles. The summed E-state index contributed by atoms with van der Waals surface area (Å²) >= 11 is 0. The van der Waals surface area contributed by atoms with E-state index in [1.54, 1.807) is 25.6 Å². The molecule has 0 amide bonds. The molecule has 0 bridgehead atoms. The van der Waals surface area contributed by atoms with Gasteiger partial charge in [0.25, 0.3) is 0 Å². The van der Waals surface area contributed by atoms with Gasteiger partial charge in [0.15, 0.2) is 11.5 Å². The van der Waals surface area contributed by atoms with Gasteiger partial charge in [-0.05, 0) is 18.6 Å². The lowest BCUT2D eigenvalue weighted by Gasteiger charge is -2.27. The molecule has 0 saturated heterocycles. The summed E-state index contributed by atoms with van der Waals surface area (Å²) in [5.41, 5.74) is 1.14. The van der Waals surface area contributed by atoms with Crippen LogP contribution in [0.1, 0.15) is 5.56 Å². The number of rotatable bonds is 3. The van der Waals surface area contributed by atoms with Crippen LogP contribution in [0.25, 0.3) is 0 Å². The molecule has 98 valence electrons. The second-order valence-electron chi connectivity index (χ2n) is 4.38. The highest BCUT2D eigenvalue weighted by atomic mass is 16.5. The number of hydrogen-bond donors (Lipinski definition) is 1.